The van der Waals surface area contributed by atoms with Crippen LogP contribution in [0, 0.1) is 18.8 Å². The van der Waals surface area contributed by atoms with E-state index >= 15 is 0 Å². The lowest BCUT2D eigenvalue weighted by molar-refractivity contribution is 0.0454. The molecule has 1 aromatic heterocycles. The predicted molar refractivity (Wildman–Crippen MR) is 110 cm³/mol. The van der Waals surface area contributed by atoms with E-state index in [1.807, 2.05) is 31.2 Å². The zero-order valence-corrected chi connectivity index (χ0v) is 16.6. The molecule has 0 radical (unpaired) electrons. The molecule has 2 N–H and O–H groups in total. The first-order chi connectivity index (χ1) is 13.7. The van der Waals surface area contributed by atoms with Gasteiger partial charge in [-0.25, -0.2) is 0 Å². The summed E-state index contributed by atoms with van der Waals surface area (Å²) in [7, 11) is 0. The van der Waals surface area contributed by atoms with Gasteiger partial charge in [-0.15, -0.1) is 0 Å². The van der Waals surface area contributed by atoms with Crippen LogP contribution in [-0.4, -0.2) is 58.9 Å². The van der Waals surface area contributed by atoms with Crippen LogP contribution in [0.3, 0.4) is 0 Å². The molecule has 1 aliphatic heterocycles. The summed E-state index contributed by atoms with van der Waals surface area (Å²) in [5.74, 6) is 7.95. The Bertz CT molecular complexity index is 788. The SMILES string of the molecule is Cc1ccc(CN2CCN(Cc3ccc(C#CCCO)cc3)CC2CCO)o1. The van der Waals surface area contributed by atoms with Gasteiger partial charge in [-0.1, -0.05) is 24.0 Å². The molecule has 2 aromatic rings. The van der Waals surface area contributed by atoms with E-state index < -0.39 is 0 Å². The highest BCUT2D eigenvalue weighted by Crippen LogP contribution is 2.19. The average molecular weight is 383 g/mol. The first-order valence-electron chi connectivity index (χ1n) is 9.99. The zero-order chi connectivity index (χ0) is 19.8. The Balaban J connectivity index is 1.56. The second-order valence-electron chi connectivity index (χ2n) is 7.36. The van der Waals surface area contributed by atoms with Crippen LogP contribution in [-0.2, 0) is 13.1 Å². The molecule has 150 valence electrons. The molecule has 0 saturated carbocycles. The van der Waals surface area contributed by atoms with Gasteiger partial charge in [-0.2, -0.15) is 0 Å². The zero-order valence-electron chi connectivity index (χ0n) is 16.6. The quantitative estimate of drug-likeness (QED) is 0.720. The fourth-order valence-electron chi connectivity index (χ4n) is 3.67. The molecule has 5 heteroatoms. The fraction of sp³-hybridized carbons (Fsp3) is 0.478. The van der Waals surface area contributed by atoms with Crippen molar-refractivity contribution in [2.45, 2.75) is 38.9 Å². The van der Waals surface area contributed by atoms with Gasteiger partial charge in [0.15, 0.2) is 0 Å². The molecule has 28 heavy (non-hydrogen) atoms. The van der Waals surface area contributed by atoms with E-state index in [2.05, 4.69) is 33.8 Å². The molecule has 5 nitrogen and oxygen atoms in total. The van der Waals surface area contributed by atoms with E-state index in [0.717, 1.165) is 56.2 Å². The number of aliphatic hydroxyl groups excluding tert-OH is 2. The molecule has 1 saturated heterocycles. The third-order valence-electron chi connectivity index (χ3n) is 5.14. The molecule has 1 aliphatic rings. The van der Waals surface area contributed by atoms with Crippen LogP contribution in [0.25, 0.3) is 0 Å². The highest BCUT2D eigenvalue weighted by molar-refractivity contribution is 5.36. The van der Waals surface area contributed by atoms with Gasteiger partial charge in [0, 0.05) is 50.8 Å². The molecular weight excluding hydrogens is 352 g/mol. The molecule has 0 aliphatic carbocycles. The summed E-state index contributed by atoms with van der Waals surface area (Å²) in [6.07, 6.45) is 1.28. The van der Waals surface area contributed by atoms with Crippen molar-refractivity contribution in [3.63, 3.8) is 0 Å². The maximum absolute atomic E-state index is 9.50. The summed E-state index contributed by atoms with van der Waals surface area (Å²) in [6, 6.07) is 12.7. The summed E-state index contributed by atoms with van der Waals surface area (Å²) in [4.78, 5) is 4.88. The lowest BCUT2D eigenvalue weighted by Crippen LogP contribution is -2.52. The van der Waals surface area contributed by atoms with Gasteiger partial charge >= 0.3 is 0 Å². The number of aliphatic hydroxyl groups is 2. The Kier molecular flexibility index (Phi) is 7.70. The minimum absolute atomic E-state index is 0.103. The molecule has 2 heterocycles. The van der Waals surface area contributed by atoms with Gasteiger partial charge in [0.1, 0.15) is 11.5 Å². The number of piperazine rings is 1. The molecule has 1 fully saturated rings. The molecule has 3 rings (SSSR count). The maximum atomic E-state index is 9.50. The van der Waals surface area contributed by atoms with Gasteiger partial charge < -0.3 is 14.6 Å². The molecular formula is C23H30N2O3. The molecule has 1 aromatic carbocycles. The van der Waals surface area contributed by atoms with Crippen LogP contribution >= 0.6 is 0 Å². The van der Waals surface area contributed by atoms with Crippen molar-refractivity contribution in [1.29, 1.82) is 0 Å². The standard InChI is InChI=1S/C23H30N2O3/c1-19-5-10-23(28-19)18-25-13-12-24(17-22(25)11-15-27)16-21-8-6-20(7-9-21)4-2-3-14-26/h5-10,22,26-27H,3,11-18H2,1H3. The maximum Gasteiger partial charge on any atom is 0.118 e. The number of benzene rings is 1. The van der Waals surface area contributed by atoms with Crippen LogP contribution in [0.2, 0.25) is 0 Å². The summed E-state index contributed by atoms with van der Waals surface area (Å²) >= 11 is 0. The average Bonchev–Trinajstić information content (AvgIpc) is 3.10. The second kappa shape index (κ2) is 10.4. The van der Waals surface area contributed by atoms with Gasteiger partial charge in [0.05, 0.1) is 13.2 Å². The van der Waals surface area contributed by atoms with E-state index in [4.69, 9.17) is 9.52 Å². The number of aryl methyl sites for hydroxylation is 1. The van der Waals surface area contributed by atoms with Crippen LogP contribution < -0.4 is 0 Å². The van der Waals surface area contributed by atoms with E-state index in [0.29, 0.717) is 12.5 Å². The first-order valence-corrected chi connectivity index (χ1v) is 9.99. The molecule has 0 bridgehead atoms. The summed E-state index contributed by atoms with van der Waals surface area (Å²) in [5.41, 5.74) is 2.25. The van der Waals surface area contributed by atoms with E-state index in [1.165, 1.54) is 5.56 Å². The number of nitrogens with zero attached hydrogens (tertiary/aromatic N) is 2. The Labute approximate surface area is 167 Å². The second-order valence-corrected chi connectivity index (χ2v) is 7.36. The highest BCUT2D eigenvalue weighted by atomic mass is 16.3. The van der Waals surface area contributed by atoms with Crippen molar-refractivity contribution in [3.8, 4) is 11.8 Å². The summed E-state index contributed by atoms with van der Waals surface area (Å²) in [5, 5.41) is 18.3. The first kappa shape index (κ1) is 20.6. The van der Waals surface area contributed by atoms with E-state index in [9.17, 15) is 5.11 Å². The minimum Gasteiger partial charge on any atom is -0.465 e. The fourth-order valence-corrected chi connectivity index (χ4v) is 3.67. The van der Waals surface area contributed by atoms with Crippen molar-refractivity contribution < 1.29 is 14.6 Å². The van der Waals surface area contributed by atoms with E-state index in [-0.39, 0.29) is 13.2 Å². The highest BCUT2D eigenvalue weighted by Gasteiger charge is 2.27. The lowest BCUT2D eigenvalue weighted by atomic mass is 10.1. The summed E-state index contributed by atoms with van der Waals surface area (Å²) in [6.45, 7) is 6.88. The monoisotopic (exact) mass is 382 g/mol. The molecule has 1 unspecified atom stereocenters. The van der Waals surface area contributed by atoms with Crippen LogP contribution in [0.15, 0.2) is 40.8 Å². The Morgan fingerprint density at radius 1 is 1.04 bits per heavy atom. The molecule has 0 amide bonds. The number of rotatable bonds is 7. The molecule has 0 spiro atoms. The Morgan fingerprint density at radius 3 is 2.54 bits per heavy atom. The number of furan rings is 1. The minimum atomic E-state index is 0.103. The smallest absolute Gasteiger partial charge is 0.118 e. The van der Waals surface area contributed by atoms with Crippen LogP contribution in [0.5, 0.6) is 0 Å². The topological polar surface area (TPSA) is 60.1 Å². The van der Waals surface area contributed by atoms with Crippen molar-refractivity contribution in [3.05, 3.63) is 59.0 Å². The van der Waals surface area contributed by atoms with Crippen molar-refractivity contribution in [2.75, 3.05) is 32.8 Å². The van der Waals surface area contributed by atoms with Gasteiger partial charge in [-0.3, -0.25) is 9.80 Å². The number of hydrogen-bond acceptors (Lipinski definition) is 5. The van der Waals surface area contributed by atoms with E-state index in [1.54, 1.807) is 0 Å². The van der Waals surface area contributed by atoms with Crippen molar-refractivity contribution in [2.24, 2.45) is 0 Å². The van der Waals surface area contributed by atoms with Crippen LogP contribution in [0.1, 0.15) is 35.5 Å². The van der Waals surface area contributed by atoms with Crippen LogP contribution in [0.4, 0.5) is 0 Å². The normalized spacial score (nSPS) is 18.0. The largest absolute Gasteiger partial charge is 0.465 e. The van der Waals surface area contributed by atoms with Gasteiger partial charge in [0.2, 0.25) is 0 Å². The number of hydrogen-bond donors (Lipinski definition) is 2. The van der Waals surface area contributed by atoms with Gasteiger partial charge in [0.25, 0.3) is 0 Å². The van der Waals surface area contributed by atoms with Crippen molar-refractivity contribution in [1.82, 2.24) is 9.80 Å². The Morgan fingerprint density at radius 2 is 1.86 bits per heavy atom. The Hall–Kier alpha value is -2.10. The molecule has 1 atom stereocenters. The lowest BCUT2D eigenvalue weighted by Gasteiger charge is -2.41. The third-order valence-corrected chi connectivity index (χ3v) is 5.14. The summed E-state index contributed by atoms with van der Waals surface area (Å²) < 4.78 is 5.74. The predicted octanol–water partition coefficient (Wildman–Crippen LogP) is 2.39. The third kappa shape index (κ3) is 5.95. The van der Waals surface area contributed by atoms with Crippen molar-refractivity contribution >= 4 is 0 Å². The van der Waals surface area contributed by atoms with Gasteiger partial charge in [-0.05, 0) is 43.2 Å².